The Morgan fingerprint density at radius 1 is 1.17 bits per heavy atom. The molecule has 1 aromatic carbocycles. The number of nitrogens with one attached hydrogen (secondary N) is 1. The second-order valence-electron chi connectivity index (χ2n) is 5.83. The highest BCUT2D eigenvalue weighted by atomic mass is 16.2. The van der Waals surface area contributed by atoms with Crippen LogP contribution in [0.15, 0.2) is 30.3 Å². The van der Waals surface area contributed by atoms with Crippen LogP contribution in [0.25, 0.3) is 0 Å². The zero-order valence-electron chi connectivity index (χ0n) is 14.4. The van der Waals surface area contributed by atoms with E-state index in [9.17, 15) is 9.59 Å². The van der Waals surface area contributed by atoms with Crippen LogP contribution in [0.5, 0.6) is 0 Å². The van der Waals surface area contributed by atoms with E-state index < -0.39 is 0 Å². The lowest BCUT2D eigenvalue weighted by molar-refractivity contribution is -0.139. The topological polar surface area (TPSA) is 75.4 Å². The summed E-state index contributed by atoms with van der Waals surface area (Å²) in [5, 5.41) is 2.81. The summed E-state index contributed by atoms with van der Waals surface area (Å²) in [5.41, 5.74) is 7.17. The third-order valence-corrected chi connectivity index (χ3v) is 3.82. The Morgan fingerprint density at radius 2 is 1.83 bits per heavy atom. The lowest BCUT2D eigenvalue weighted by atomic mass is 9.94. The molecule has 0 aliphatic rings. The van der Waals surface area contributed by atoms with Crippen LogP contribution in [-0.2, 0) is 9.59 Å². The molecule has 0 saturated heterocycles. The molecule has 0 aliphatic carbocycles. The molecule has 0 fully saturated rings. The van der Waals surface area contributed by atoms with Gasteiger partial charge in [-0.2, -0.15) is 0 Å². The van der Waals surface area contributed by atoms with Gasteiger partial charge in [0.2, 0.25) is 11.8 Å². The molecule has 0 radical (unpaired) electrons. The van der Waals surface area contributed by atoms with Gasteiger partial charge in [0.25, 0.3) is 0 Å². The smallest absolute Gasteiger partial charge is 0.239 e. The number of amides is 2. The zero-order chi connectivity index (χ0) is 17.2. The average Bonchev–Trinajstić information content (AvgIpc) is 2.58. The first-order valence-electron chi connectivity index (χ1n) is 8.37. The summed E-state index contributed by atoms with van der Waals surface area (Å²) < 4.78 is 0. The monoisotopic (exact) mass is 319 g/mol. The fraction of sp³-hybridized carbons (Fsp3) is 0.556. The van der Waals surface area contributed by atoms with Crippen molar-refractivity contribution in [2.75, 3.05) is 19.6 Å². The first-order valence-corrected chi connectivity index (χ1v) is 8.37. The van der Waals surface area contributed by atoms with Crippen LogP contribution in [0, 0.1) is 5.92 Å². The predicted molar refractivity (Wildman–Crippen MR) is 92.7 cm³/mol. The number of nitrogens with zero attached hydrogens (tertiary/aromatic N) is 1. The Hall–Kier alpha value is -1.88. The molecule has 3 N–H and O–H groups in total. The maximum atomic E-state index is 12.7. The molecule has 1 aromatic rings. The molecular weight excluding hydrogens is 290 g/mol. The zero-order valence-corrected chi connectivity index (χ0v) is 14.4. The molecule has 2 atom stereocenters. The van der Waals surface area contributed by atoms with Crippen molar-refractivity contribution < 1.29 is 9.59 Å². The molecule has 2 unspecified atom stereocenters. The van der Waals surface area contributed by atoms with Crippen molar-refractivity contribution in [1.82, 2.24) is 10.2 Å². The third kappa shape index (κ3) is 6.02. The largest absolute Gasteiger partial charge is 0.355 e. The molecule has 5 nitrogen and oxygen atoms in total. The molecular formula is C18H29N3O2. The van der Waals surface area contributed by atoms with Crippen molar-refractivity contribution >= 4 is 11.8 Å². The van der Waals surface area contributed by atoms with Gasteiger partial charge in [-0.25, -0.2) is 0 Å². The second kappa shape index (κ2) is 10.0. The highest BCUT2D eigenvalue weighted by molar-refractivity contribution is 5.86. The van der Waals surface area contributed by atoms with Crippen LogP contribution in [0.3, 0.4) is 0 Å². The number of nitrogens with two attached hydrogens (primary N) is 1. The highest BCUT2D eigenvalue weighted by Crippen LogP contribution is 2.21. The minimum Gasteiger partial charge on any atom is -0.355 e. The summed E-state index contributed by atoms with van der Waals surface area (Å²) in [6.07, 6.45) is 1.68. The summed E-state index contributed by atoms with van der Waals surface area (Å²) in [4.78, 5) is 26.3. The standard InChI is InChI=1S/C18H29N3O2/c1-4-11-20-16(22)13-21(12-5-2)18(23)14(3)17(19)15-9-7-6-8-10-15/h6-10,14,17H,4-5,11-13,19H2,1-3H3,(H,20,22). The van der Waals surface area contributed by atoms with Gasteiger partial charge in [-0.1, -0.05) is 51.1 Å². The van der Waals surface area contributed by atoms with Crippen LogP contribution >= 0.6 is 0 Å². The molecule has 2 amide bonds. The van der Waals surface area contributed by atoms with Crippen molar-refractivity contribution in [2.24, 2.45) is 11.7 Å². The number of hydrogen-bond acceptors (Lipinski definition) is 3. The minimum absolute atomic E-state index is 0.0742. The number of rotatable bonds is 9. The Morgan fingerprint density at radius 3 is 2.39 bits per heavy atom. The lowest BCUT2D eigenvalue weighted by Gasteiger charge is -2.28. The molecule has 1 rings (SSSR count). The maximum absolute atomic E-state index is 12.7. The van der Waals surface area contributed by atoms with Gasteiger partial charge in [0.15, 0.2) is 0 Å². The van der Waals surface area contributed by atoms with E-state index in [4.69, 9.17) is 5.73 Å². The predicted octanol–water partition coefficient (Wildman–Crippen LogP) is 2.09. The Kier molecular flexibility index (Phi) is 8.33. The van der Waals surface area contributed by atoms with Crippen molar-refractivity contribution in [3.63, 3.8) is 0 Å². The minimum atomic E-state index is -0.373. The van der Waals surface area contributed by atoms with Crippen molar-refractivity contribution in [3.8, 4) is 0 Å². The van der Waals surface area contributed by atoms with E-state index in [0.29, 0.717) is 13.1 Å². The molecule has 0 saturated carbocycles. The van der Waals surface area contributed by atoms with Crippen LogP contribution in [0.1, 0.15) is 45.2 Å². The fourth-order valence-electron chi connectivity index (χ4n) is 2.44. The normalized spacial score (nSPS) is 13.2. The summed E-state index contributed by atoms with van der Waals surface area (Å²) in [6.45, 7) is 7.10. The third-order valence-electron chi connectivity index (χ3n) is 3.82. The summed E-state index contributed by atoms with van der Waals surface area (Å²) in [5.74, 6) is -0.563. The van der Waals surface area contributed by atoms with Gasteiger partial charge in [0.1, 0.15) is 0 Å². The first kappa shape index (κ1) is 19.2. The van der Waals surface area contributed by atoms with Gasteiger partial charge in [0, 0.05) is 19.1 Å². The van der Waals surface area contributed by atoms with Crippen LogP contribution in [0.2, 0.25) is 0 Å². The van der Waals surface area contributed by atoms with E-state index in [2.05, 4.69) is 5.32 Å². The maximum Gasteiger partial charge on any atom is 0.239 e. The molecule has 0 bridgehead atoms. The molecule has 128 valence electrons. The average molecular weight is 319 g/mol. The lowest BCUT2D eigenvalue weighted by Crippen LogP contribution is -2.45. The number of carbonyl (C=O) groups is 2. The SMILES string of the molecule is CCCNC(=O)CN(CCC)C(=O)C(C)C(N)c1ccccc1. The number of hydrogen-bond donors (Lipinski definition) is 2. The van der Waals surface area contributed by atoms with E-state index >= 15 is 0 Å². The van der Waals surface area contributed by atoms with Crippen LogP contribution < -0.4 is 11.1 Å². The first-order chi connectivity index (χ1) is 11.0. The van der Waals surface area contributed by atoms with Crippen molar-refractivity contribution in [3.05, 3.63) is 35.9 Å². The van der Waals surface area contributed by atoms with E-state index in [1.165, 1.54) is 0 Å². The van der Waals surface area contributed by atoms with E-state index in [0.717, 1.165) is 18.4 Å². The van der Waals surface area contributed by atoms with E-state index in [1.807, 2.05) is 51.1 Å². The van der Waals surface area contributed by atoms with Crippen molar-refractivity contribution in [1.29, 1.82) is 0 Å². The molecule has 23 heavy (non-hydrogen) atoms. The summed E-state index contributed by atoms with van der Waals surface area (Å²) >= 11 is 0. The summed E-state index contributed by atoms with van der Waals surface area (Å²) in [6, 6.07) is 9.22. The Labute approximate surface area is 139 Å². The molecule has 0 spiro atoms. The second-order valence-corrected chi connectivity index (χ2v) is 5.83. The number of carbonyl (C=O) groups excluding carboxylic acids is 2. The Bertz CT molecular complexity index is 490. The van der Waals surface area contributed by atoms with Gasteiger partial charge < -0.3 is 16.0 Å². The van der Waals surface area contributed by atoms with E-state index in [-0.39, 0.29) is 30.3 Å². The highest BCUT2D eigenvalue weighted by Gasteiger charge is 2.27. The van der Waals surface area contributed by atoms with Crippen LogP contribution in [-0.4, -0.2) is 36.3 Å². The van der Waals surface area contributed by atoms with Gasteiger partial charge >= 0.3 is 0 Å². The van der Waals surface area contributed by atoms with Crippen LogP contribution in [0.4, 0.5) is 0 Å². The van der Waals surface area contributed by atoms with Crippen molar-refractivity contribution in [2.45, 2.75) is 39.7 Å². The molecule has 0 heterocycles. The van der Waals surface area contributed by atoms with Gasteiger partial charge in [-0.3, -0.25) is 9.59 Å². The quantitative estimate of drug-likeness (QED) is 0.732. The Balaban J connectivity index is 2.73. The number of benzene rings is 1. The fourth-order valence-corrected chi connectivity index (χ4v) is 2.44. The molecule has 0 aliphatic heterocycles. The van der Waals surface area contributed by atoms with Gasteiger partial charge in [-0.15, -0.1) is 0 Å². The molecule has 5 heteroatoms. The summed E-state index contributed by atoms with van der Waals surface area (Å²) in [7, 11) is 0. The molecule has 0 aromatic heterocycles. The van der Waals surface area contributed by atoms with Gasteiger partial charge in [-0.05, 0) is 18.4 Å². The van der Waals surface area contributed by atoms with Gasteiger partial charge in [0.05, 0.1) is 12.5 Å². The van der Waals surface area contributed by atoms with E-state index in [1.54, 1.807) is 4.90 Å².